The standard InChI is InChI=1S/C10H21FN4O.HI/c1-4-12-10(13-7-5-6-11)14-8-9(16)15(2)3;/h4-8H2,1-3H3,(H2,12,13,14);1H. The Morgan fingerprint density at radius 3 is 2.47 bits per heavy atom. The number of halogens is 2. The molecule has 0 atom stereocenters. The first-order chi connectivity index (χ1) is 7.61. The smallest absolute Gasteiger partial charge is 0.243 e. The number of carbonyl (C=O) groups excluding carboxylic acids is 1. The first kappa shape index (κ1) is 18.8. The second kappa shape index (κ2) is 11.9. The molecule has 0 spiro atoms. The molecule has 0 rings (SSSR count). The lowest BCUT2D eigenvalue weighted by Gasteiger charge is -2.12. The molecule has 2 N–H and O–H groups in total. The molecule has 0 aliphatic rings. The predicted octanol–water partition coefficient (Wildman–Crippen LogP) is 0.607. The van der Waals surface area contributed by atoms with Gasteiger partial charge in [-0.05, 0) is 13.3 Å². The molecule has 17 heavy (non-hydrogen) atoms. The van der Waals surface area contributed by atoms with Crippen molar-refractivity contribution < 1.29 is 9.18 Å². The lowest BCUT2D eigenvalue weighted by atomic mass is 10.5. The molecule has 0 aromatic rings. The Morgan fingerprint density at radius 1 is 1.35 bits per heavy atom. The molecule has 0 saturated heterocycles. The first-order valence-electron chi connectivity index (χ1n) is 5.40. The van der Waals surface area contributed by atoms with Crippen LogP contribution in [-0.4, -0.2) is 57.2 Å². The van der Waals surface area contributed by atoms with Crippen molar-refractivity contribution in [3.05, 3.63) is 0 Å². The van der Waals surface area contributed by atoms with Crippen molar-refractivity contribution in [1.29, 1.82) is 0 Å². The third kappa shape index (κ3) is 10.3. The van der Waals surface area contributed by atoms with Crippen LogP contribution in [0.2, 0.25) is 0 Å². The Bertz CT molecular complexity index is 236. The first-order valence-corrected chi connectivity index (χ1v) is 5.40. The van der Waals surface area contributed by atoms with Gasteiger partial charge in [0.05, 0.1) is 6.67 Å². The minimum Gasteiger partial charge on any atom is -0.357 e. The Kier molecular flexibility index (Phi) is 13.1. The van der Waals surface area contributed by atoms with E-state index in [2.05, 4.69) is 15.6 Å². The lowest BCUT2D eigenvalue weighted by Crippen LogP contribution is -2.39. The van der Waals surface area contributed by atoms with Crippen LogP contribution in [0, 0.1) is 0 Å². The quantitative estimate of drug-likeness (QED) is 0.316. The summed E-state index contributed by atoms with van der Waals surface area (Å²) in [4.78, 5) is 16.9. The molecular formula is C10H22FIN4O. The zero-order chi connectivity index (χ0) is 12.4. The van der Waals surface area contributed by atoms with Crippen LogP contribution in [0.5, 0.6) is 0 Å². The summed E-state index contributed by atoms with van der Waals surface area (Å²) in [6, 6.07) is 0. The van der Waals surface area contributed by atoms with Crippen LogP contribution in [0.3, 0.4) is 0 Å². The maximum absolute atomic E-state index is 11.9. The van der Waals surface area contributed by atoms with E-state index in [-0.39, 0.29) is 43.1 Å². The van der Waals surface area contributed by atoms with Crippen molar-refractivity contribution in [3.63, 3.8) is 0 Å². The SMILES string of the molecule is CCNC(=NCC(=O)N(C)C)NCCCF.I. The molecule has 5 nitrogen and oxygen atoms in total. The fourth-order valence-corrected chi connectivity index (χ4v) is 0.903. The summed E-state index contributed by atoms with van der Waals surface area (Å²) in [7, 11) is 3.36. The monoisotopic (exact) mass is 360 g/mol. The molecular weight excluding hydrogens is 338 g/mol. The molecule has 0 fully saturated rings. The fraction of sp³-hybridized carbons (Fsp3) is 0.800. The van der Waals surface area contributed by atoms with E-state index >= 15 is 0 Å². The van der Waals surface area contributed by atoms with E-state index in [4.69, 9.17) is 0 Å². The zero-order valence-electron chi connectivity index (χ0n) is 10.6. The second-order valence-electron chi connectivity index (χ2n) is 3.45. The number of nitrogens with zero attached hydrogens (tertiary/aromatic N) is 2. The van der Waals surface area contributed by atoms with E-state index < -0.39 is 0 Å². The van der Waals surface area contributed by atoms with E-state index in [1.54, 1.807) is 14.1 Å². The maximum Gasteiger partial charge on any atom is 0.243 e. The minimum atomic E-state index is -0.358. The van der Waals surface area contributed by atoms with Crippen molar-refractivity contribution in [2.75, 3.05) is 40.4 Å². The van der Waals surface area contributed by atoms with Crippen LogP contribution in [0.1, 0.15) is 13.3 Å². The molecule has 0 aromatic carbocycles. The van der Waals surface area contributed by atoms with Crippen LogP contribution in [0.25, 0.3) is 0 Å². The van der Waals surface area contributed by atoms with Gasteiger partial charge in [-0.2, -0.15) is 0 Å². The van der Waals surface area contributed by atoms with Crippen molar-refractivity contribution in [2.45, 2.75) is 13.3 Å². The van der Waals surface area contributed by atoms with E-state index in [1.165, 1.54) is 4.90 Å². The van der Waals surface area contributed by atoms with Gasteiger partial charge in [-0.15, -0.1) is 24.0 Å². The summed E-state index contributed by atoms with van der Waals surface area (Å²) >= 11 is 0. The zero-order valence-corrected chi connectivity index (χ0v) is 13.0. The van der Waals surface area contributed by atoms with Gasteiger partial charge in [0.15, 0.2) is 5.96 Å². The number of alkyl halides is 1. The highest BCUT2D eigenvalue weighted by Gasteiger charge is 2.03. The molecule has 7 heteroatoms. The Hall–Kier alpha value is -0.600. The average Bonchev–Trinajstić information content (AvgIpc) is 2.25. The molecule has 1 amide bonds. The van der Waals surface area contributed by atoms with Gasteiger partial charge >= 0.3 is 0 Å². The Balaban J connectivity index is 0. The number of aliphatic imine (C=N–C) groups is 1. The average molecular weight is 360 g/mol. The van der Waals surface area contributed by atoms with Gasteiger partial charge < -0.3 is 15.5 Å². The molecule has 0 aromatic heterocycles. The third-order valence-electron chi connectivity index (χ3n) is 1.82. The van der Waals surface area contributed by atoms with E-state index in [1.807, 2.05) is 6.92 Å². The molecule has 0 bridgehead atoms. The molecule has 0 radical (unpaired) electrons. The molecule has 0 saturated carbocycles. The Labute approximate surface area is 119 Å². The molecule has 0 aliphatic heterocycles. The van der Waals surface area contributed by atoms with Gasteiger partial charge in [0, 0.05) is 27.2 Å². The topological polar surface area (TPSA) is 56.7 Å². The van der Waals surface area contributed by atoms with Gasteiger partial charge in [-0.3, -0.25) is 9.18 Å². The van der Waals surface area contributed by atoms with E-state index in [0.717, 1.165) is 0 Å². The molecule has 0 unspecified atom stereocenters. The summed E-state index contributed by atoms with van der Waals surface area (Å²) in [6.45, 7) is 2.89. The third-order valence-corrected chi connectivity index (χ3v) is 1.82. The summed E-state index contributed by atoms with van der Waals surface area (Å²) in [5.41, 5.74) is 0. The molecule has 0 heterocycles. The maximum atomic E-state index is 11.9. The van der Waals surface area contributed by atoms with Crippen molar-refractivity contribution >= 4 is 35.8 Å². The van der Waals surface area contributed by atoms with Crippen LogP contribution >= 0.6 is 24.0 Å². The van der Waals surface area contributed by atoms with Gasteiger partial charge in [0.1, 0.15) is 6.54 Å². The van der Waals surface area contributed by atoms with Gasteiger partial charge in [0.2, 0.25) is 5.91 Å². The van der Waals surface area contributed by atoms with Crippen LogP contribution in [0.15, 0.2) is 4.99 Å². The van der Waals surface area contributed by atoms with E-state index in [0.29, 0.717) is 25.5 Å². The van der Waals surface area contributed by atoms with Crippen LogP contribution in [-0.2, 0) is 4.79 Å². The second-order valence-corrected chi connectivity index (χ2v) is 3.45. The summed E-state index contributed by atoms with van der Waals surface area (Å²) in [5.74, 6) is 0.480. The number of guanidine groups is 1. The van der Waals surface area contributed by atoms with Gasteiger partial charge in [-0.25, -0.2) is 4.99 Å². The fourth-order valence-electron chi connectivity index (χ4n) is 0.903. The number of amides is 1. The lowest BCUT2D eigenvalue weighted by molar-refractivity contribution is -0.127. The minimum absolute atomic E-state index is 0. The van der Waals surface area contributed by atoms with Gasteiger partial charge in [-0.1, -0.05) is 0 Å². The van der Waals surface area contributed by atoms with Gasteiger partial charge in [0.25, 0.3) is 0 Å². The summed E-state index contributed by atoms with van der Waals surface area (Å²) in [6.07, 6.45) is 0.437. The van der Waals surface area contributed by atoms with Crippen LogP contribution < -0.4 is 10.6 Å². The molecule has 0 aliphatic carbocycles. The van der Waals surface area contributed by atoms with Crippen molar-refractivity contribution in [1.82, 2.24) is 15.5 Å². The number of nitrogens with one attached hydrogen (secondary N) is 2. The highest BCUT2D eigenvalue weighted by Crippen LogP contribution is 1.82. The summed E-state index contributed by atoms with van der Waals surface area (Å²) in [5, 5.41) is 5.93. The number of carbonyl (C=O) groups is 1. The number of hydrogen-bond donors (Lipinski definition) is 2. The highest BCUT2D eigenvalue weighted by atomic mass is 127. The largest absolute Gasteiger partial charge is 0.357 e. The number of rotatable bonds is 6. The Morgan fingerprint density at radius 2 is 2.00 bits per heavy atom. The highest BCUT2D eigenvalue weighted by molar-refractivity contribution is 14.0. The normalized spacial score (nSPS) is 10.5. The molecule has 102 valence electrons. The van der Waals surface area contributed by atoms with Crippen molar-refractivity contribution in [3.8, 4) is 0 Å². The summed E-state index contributed by atoms with van der Waals surface area (Å²) < 4.78 is 11.9. The predicted molar refractivity (Wildman–Crippen MR) is 78.7 cm³/mol. The van der Waals surface area contributed by atoms with E-state index in [9.17, 15) is 9.18 Å². The number of hydrogen-bond acceptors (Lipinski definition) is 2. The van der Waals surface area contributed by atoms with Crippen molar-refractivity contribution in [2.24, 2.45) is 4.99 Å². The van der Waals surface area contributed by atoms with Crippen LogP contribution in [0.4, 0.5) is 4.39 Å². The number of likely N-dealkylation sites (N-methyl/N-ethyl adjacent to an activating group) is 1.